The van der Waals surface area contributed by atoms with Crippen LogP contribution in [0.1, 0.15) is 16.5 Å². The van der Waals surface area contributed by atoms with Crippen LogP contribution in [0.2, 0.25) is 0 Å². The summed E-state index contributed by atoms with van der Waals surface area (Å²) in [6.07, 6.45) is 1.78. The van der Waals surface area contributed by atoms with Crippen molar-refractivity contribution >= 4 is 17.7 Å². The van der Waals surface area contributed by atoms with Crippen LogP contribution in [-0.2, 0) is 11.3 Å². The van der Waals surface area contributed by atoms with E-state index in [4.69, 9.17) is 11.5 Å². The predicted molar refractivity (Wildman–Crippen MR) is 69.7 cm³/mol. The van der Waals surface area contributed by atoms with Crippen molar-refractivity contribution in [3.8, 4) is 0 Å². The number of rotatable bonds is 3. The maximum absolute atomic E-state index is 11.2. The maximum atomic E-state index is 11.2. The largest absolute Gasteiger partial charge is 0.365 e. The molecule has 0 saturated carbocycles. The summed E-state index contributed by atoms with van der Waals surface area (Å²) in [6.45, 7) is 0.493. The zero-order chi connectivity index (χ0) is 12.4. The molecule has 90 valence electrons. The Kier molecular flexibility index (Phi) is 3.40. The van der Waals surface area contributed by atoms with Gasteiger partial charge in [-0.2, -0.15) is 0 Å². The van der Waals surface area contributed by atoms with E-state index in [1.807, 2.05) is 36.2 Å². The van der Waals surface area contributed by atoms with Gasteiger partial charge in [0.15, 0.2) is 0 Å². The number of carbonyl (C=O) groups is 1. The lowest BCUT2D eigenvalue weighted by molar-refractivity contribution is -0.113. The number of amides is 1. The van der Waals surface area contributed by atoms with Gasteiger partial charge in [0.25, 0.3) is 5.91 Å². The Morgan fingerprint density at radius 1 is 1.47 bits per heavy atom. The molecule has 17 heavy (non-hydrogen) atoms. The van der Waals surface area contributed by atoms with Crippen molar-refractivity contribution in [2.75, 3.05) is 7.05 Å². The van der Waals surface area contributed by atoms with Gasteiger partial charge in [-0.15, -0.1) is 0 Å². The molecule has 0 aliphatic carbocycles. The van der Waals surface area contributed by atoms with Gasteiger partial charge in [-0.1, -0.05) is 36.0 Å². The lowest BCUT2D eigenvalue weighted by Crippen LogP contribution is -2.14. The Morgan fingerprint density at radius 2 is 2.18 bits per heavy atom. The van der Waals surface area contributed by atoms with Crippen LogP contribution < -0.4 is 11.5 Å². The van der Waals surface area contributed by atoms with Gasteiger partial charge in [0, 0.05) is 19.8 Å². The van der Waals surface area contributed by atoms with Crippen LogP contribution in [0.15, 0.2) is 35.4 Å². The normalized spacial score (nSPS) is 19.3. The third-order valence-electron chi connectivity index (χ3n) is 2.71. The Labute approximate surface area is 105 Å². The number of thioether (sulfide) groups is 1. The fraction of sp³-hybridized carbons (Fsp3) is 0.250. The molecule has 1 aliphatic rings. The minimum absolute atomic E-state index is 0.0808. The highest BCUT2D eigenvalue weighted by Crippen LogP contribution is 2.43. The van der Waals surface area contributed by atoms with E-state index in [9.17, 15) is 4.79 Å². The van der Waals surface area contributed by atoms with Gasteiger partial charge in [0.1, 0.15) is 5.37 Å². The summed E-state index contributed by atoms with van der Waals surface area (Å²) in [7, 11) is 1.93. The highest BCUT2D eigenvalue weighted by molar-refractivity contribution is 8.04. The van der Waals surface area contributed by atoms with Gasteiger partial charge in [-0.25, -0.2) is 0 Å². The number of primary amides is 1. The number of nitrogens with two attached hydrogens (primary N) is 2. The molecule has 5 heteroatoms. The van der Waals surface area contributed by atoms with Crippen molar-refractivity contribution in [2.24, 2.45) is 11.5 Å². The van der Waals surface area contributed by atoms with E-state index in [2.05, 4.69) is 0 Å². The fourth-order valence-corrected chi connectivity index (χ4v) is 3.02. The van der Waals surface area contributed by atoms with Crippen LogP contribution in [0.5, 0.6) is 0 Å². The number of hydrogen-bond acceptors (Lipinski definition) is 4. The molecule has 1 unspecified atom stereocenters. The molecule has 4 N–H and O–H groups in total. The summed E-state index contributed by atoms with van der Waals surface area (Å²) in [5, 5.41) is 0.0808. The second-order valence-corrected chi connectivity index (χ2v) is 5.02. The van der Waals surface area contributed by atoms with Crippen molar-refractivity contribution in [3.05, 3.63) is 46.5 Å². The molecule has 1 heterocycles. The number of carbonyl (C=O) groups excluding carboxylic acids is 1. The van der Waals surface area contributed by atoms with Crippen LogP contribution in [0, 0.1) is 0 Å². The highest BCUT2D eigenvalue weighted by Gasteiger charge is 2.27. The molecular weight excluding hydrogens is 234 g/mol. The molecule has 1 aromatic carbocycles. The molecule has 1 amide bonds. The topological polar surface area (TPSA) is 72.3 Å². The Morgan fingerprint density at radius 3 is 2.76 bits per heavy atom. The lowest BCUT2D eigenvalue weighted by Gasteiger charge is -2.22. The van der Waals surface area contributed by atoms with Crippen LogP contribution in [0.3, 0.4) is 0 Å². The first-order valence-electron chi connectivity index (χ1n) is 5.31. The number of hydrogen-bond donors (Lipinski definition) is 2. The molecule has 0 radical (unpaired) electrons. The minimum Gasteiger partial charge on any atom is -0.365 e. The summed E-state index contributed by atoms with van der Waals surface area (Å²) in [5.74, 6) is -0.380. The standard InChI is InChI=1S/C12H15N3OS/c1-15-7-10(11(14)16)17-12(15)9-5-3-2-4-8(9)6-13/h2-5,7,12H,6,13H2,1H3,(H2,14,16). The molecule has 0 saturated heterocycles. The Balaban J connectivity index is 2.28. The van der Waals surface area contributed by atoms with Crippen LogP contribution in [-0.4, -0.2) is 17.9 Å². The first kappa shape index (κ1) is 12.0. The monoisotopic (exact) mass is 249 g/mol. The molecule has 1 aliphatic heterocycles. The van der Waals surface area contributed by atoms with E-state index >= 15 is 0 Å². The first-order chi connectivity index (χ1) is 8.13. The van der Waals surface area contributed by atoms with E-state index in [0.717, 1.165) is 11.1 Å². The summed E-state index contributed by atoms with van der Waals surface area (Å²) >= 11 is 1.47. The first-order valence-corrected chi connectivity index (χ1v) is 6.19. The number of benzene rings is 1. The predicted octanol–water partition coefficient (Wildman–Crippen LogP) is 1.15. The second-order valence-electron chi connectivity index (χ2n) is 3.90. The summed E-state index contributed by atoms with van der Waals surface area (Å²) in [6, 6.07) is 7.99. The van der Waals surface area contributed by atoms with Gasteiger partial charge in [-0.3, -0.25) is 4.79 Å². The molecule has 1 atom stereocenters. The van der Waals surface area contributed by atoms with Gasteiger partial charge in [0.05, 0.1) is 4.91 Å². The van der Waals surface area contributed by atoms with Gasteiger partial charge < -0.3 is 16.4 Å². The molecule has 0 bridgehead atoms. The maximum Gasteiger partial charge on any atom is 0.256 e. The molecule has 2 rings (SSSR count). The third kappa shape index (κ3) is 2.30. The van der Waals surface area contributed by atoms with Crippen LogP contribution in [0.25, 0.3) is 0 Å². The van der Waals surface area contributed by atoms with Gasteiger partial charge >= 0.3 is 0 Å². The zero-order valence-electron chi connectivity index (χ0n) is 9.59. The summed E-state index contributed by atoms with van der Waals surface area (Å²) < 4.78 is 0. The molecule has 0 fully saturated rings. The van der Waals surface area contributed by atoms with Crippen molar-refractivity contribution in [2.45, 2.75) is 11.9 Å². The highest BCUT2D eigenvalue weighted by atomic mass is 32.2. The second kappa shape index (κ2) is 4.81. The van der Waals surface area contributed by atoms with E-state index in [1.165, 1.54) is 11.8 Å². The van der Waals surface area contributed by atoms with Crippen LogP contribution in [0.4, 0.5) is 0 Å². The average molecular weight is 249 g/mol. The van der Waals surface area contributed by atoms with E-state index in [1.54, 1.807) is 6.20 Å². The third-order valence-corrected chi connectivity index (χ3v) is 4.08. The zero-order valence-corrected chi connectivity index (χ0v) is 10.4. The van der Waals surface area contributed by atoms with Crippen molar-refractivity contribution in [1.29, 1.82) is 0 Å². The Hall–Kier alpha value is -1.46. The lowest BCUT2D eigenvalue weighted by atomic mass is 10.1. The SMILES string of the molecule is CN1C=C(C(N)=O)SC1c1ccccc1CN. The molecule has 0 spiro atoms. The van der Waals surface area contributed by atoms with Crippen LogP contribution >= 0.6 is 11.8 Å². The van der Waals surface area contributed by atoms with Gasteiger partial charge in [-0.05, 0) is 11.1 Å². The smallest absolute Gasteiger partial charge is 0.256 e. The molecule has 4 nitrogen and oxygen atoms in total. The summed E-state index contributed by atoms with van der Waals surface area (Å²) in [5.41, 5.74) is 13.2. The van der Waals surface area contributed by atoms with Crippen molar-refractivity contribution in [3.63, 3.8) is 0 Å². The van der Waals surface area contributed by atoms with E-state index < -0.39 is 0 Å². The van der Waals surface area contributed by atoms with Crippen molar-refractivity contribution < 1.29 is 4.79 Å². The fourth-order valence-electron chi connectivity index (χ4n) is 1.85. The Bertz CT molecular complexity index is 473. The molecular formula is C12H15N3OS. The quantitative estimate of drug-likeness (QED) is 0.843. The number of nitrogens with zero attached hydrogens (tertiary/aromatic N) is 1. The molecule has 0 aromatic heterocycles. The summed E-state index contributed by atoms with van der Waals surface area (Å²) in [4.78, 5) is 13.7. The van der Waals surface area contributed by atoms with E-state index in [-0.39, 0.29) is 11.3 Å². The minimum atomic E-state index is -0.380. The molecule has 1 aromatic rings. The average Bonchev–Trinajstić information content (AvgIpc) is 2.71. The van der Waals surface area contributed by atoms with E-state index in [0.29, 0.717) is 11.4 Å². The van der Waals surface area contributed by atoms with Crippen molar-refractivity contribution in [1.82, 2.24) is 4.90 Å². The van der Waals surface area contributed by atoms with Gasteiger partial charge in [0.2, 0.25) is 0 Å².